The molecule has 0 aliphatic rings. The third-order valence-corrected chi connectivity index (χ3v) is 3.47. The van der Waals surface area contributed by atoms with Gasteiger partial charge < -0.3 is 14.8 Å². The van der Waals surface area contributed by atoms with E-state index in [2.05, 4.69) is 15.0 Å². The number of carbonyl (C=O) groups excluding carboxylic acids is 1. The number of hydrogen-bond donors (Lipinski definition) is 1. The summed E-state index contributed by atoms with van der Waals surface area (Å²) in [6, 6.07) is -0.807. The Morgan fingerprint density at radius 3 is 2.43 bits per heavy atom. The van der Waals surface area contributed by atoms with Gasteiger partial charge in [0, 0.05) is 20.6 Å². The van der Waals surface area contributed by atoms with E-state index in [4.69, 9.17) is 12.2 Å². The SMILES string of the molecule is C#CCC(N)C(=O)CP(=O)(OC)OC. The number of nitrogens with two attached hydrogens (primary N) is 1. The van der Waals surface area contributed by atoms with Crippen LogP contribution in [0.4, 0.5) is 0 Å². The van der Waals surface area contributed by atoms with E-state index < -0.39 is 19.4 Å². The van der Waals surface area contributed by atoms with Gasteiger partial charge in [-0.2, -0.15) is 0 Å². The highest BCUT2D eigenvalue weighted by molar-refractivity contribution is 7.54. The zero-order chi connectivity index (χ0) is 11.2. The quantitative estimate of drug-likeness (QED) is 0.516. The molecule has 0 spiro atoms. The van der Waals surface area contributed by atoms with Crippen molar-refractivity contribution in [1.29, 1.82) is 0 Å². The predicted octanol–water partition coefficient (Wildman–Crippen LogP) is 0.392. The standard InChI is InChI=1S/C8H14NO4P/c1-4-5-7(9)8(10)6-14(11,12-2)13-3/h1,7H,5-6,9H2,2-3H3. The zero-order valence-electron chi connectivity index (χ0n) is 8.23. The second-order valence-electron chi connectivity index (χ2n) is 2.62. The maximum Gasteiger partial charge on any atom is 0.337 e. The minimum Gasteiger partial charge on any atom is -0.321 e. The Morgan fingerprint density at radius 1 is 1.57 bits per heavy atom. The molecular formula is C8H14NO4P. The van der Waals surface area contributed by atoms with E-state index in [1.54, 1.807) is 0 Å². The molecule has 80 valence electrons. The van der Waals surface area contributed by atoms with Crippen molar-refractivity contribution in [3.8, 4) is 12.3 Å². The van der Waals surface area contributed by atoms with E-state index >= 15 is 0 Å². The van der Waals surface area contributed by atoms with Crippen LogP contribution in [0.3, 0.4) is 0 Å². The summed E-state index contributed by atoms with van der Waals surface area (Å²) in [4.78, 5) is 11.3. The molecular weight excluding hydrogens is 205 g/mol. The van der Waals surface area contributed by atoms with E-state index in [-0.39, 0.29) is 12.6 Å². The molecule has 0 bridgehead atoms. The minimum atomic E-state index is -3.31. The molecule has 0 aliphatic heterocycles. The van der Waals surface area contributed by atoms with Gasteiger partial charge in [0.1, 0.15) is 6.16 Å². The third kappa shape index (κ3) is 4.03. The monoisotopic (exact) mass is 219 g/mol. The van der Waals surface area contributed by atoms with Gasteiger partial charge >= 0.3 is 7.60 Å². The summed E-state index contributed by atoms with van der Waals surface area (Å²) in [7, 11) is -0.888. The van der Waals surface area contributed by atoms with Crippen LogP contribution in [-0.2, 0) is 18.4 Å². The lowest BCUT2D eigenvalue weighted by Crippen LogP contribution is -2.32. The van der Waals surface area contributed by atoms with Crippen LogP contribution in [0.1, 0.15) is 6.42 Å². The molecule has 0 fully saturated rings. The van der Waals surface area contributed by atoms with Crippen LogP contribution < -0.4 is 5.73 Å². The Hall–Kier alpha value is -0.660. The molecule has 0 saturated carbocycles. The maximum atomic E-state index is 11.5. The van der Waals surface area contributed by atoms with Crippen molar-refractivity contribution < 1.29 is 18.4 Å². The molecule has 1 atom stereocenters. The van der Waals surface area contributed by atoms with Crippen LogP contribution in [0.15, 0.2) is 0 Å². The summed E-state index contributed by atoms with van der Waals surface area (Å²) in [5.74, 6) is 1.83. The molecule has 0 radical (unpaired) electrons. The number of carbonyl (C=O) groups is 1. The van der Waals surface area contributed by atoms with Crippen molar-refractivity contribution in [1.82, 2.24) is 0 Å². The van der Waals surface area contributed by atoms with E-state index in [0.717, 1.165) is 0 Å². The lowest BCUT2D eigenvalue weighted by atomic mass is 10.1. The molecule has 0 aliphatic carbocycles. The summed E-state index contributed by atoms with van der Waals surface area (Å²) >= 11 is 0. The molecule has 0 amide bonds. The smallest absolute Gasteiger partial charge is 0.321 e. The van der Waals surface area contributed by atoms with Crippen molar-refractivity contribution in [2.45, 2.75) is 12.5 Å². The highest BCUT2D eigenvalue weighted by atomic mass is 31.2. The first kappa shape index (κ1) is 13.3. The van der Waals surface area contributed by atoms with Crippen molar-refractivity contribution in [3.63, 3.8) is 0 Å². The fourth-order valence-corrected chi connectivity index (χ4v) is 1.78. The number of ketones is 1. The second kappa shape index (κ2) is 5.94. The van der Waals surface area contributed by atoms with Crippen molar-refractivity contribution in [2.75, 3.05) is 20.4 Å². The number of hydrogen-bond acceptors (Lipinski definition) is 5. The van der Waals surface area contributed by atoms with Crippen molar-refractivity contribution in [2.24, 2.45) is 5.73 Å². The minimum absolute atomic E-state index is 0.117. The van der Waals surface area contributed by atoms with E-state index in [1.165, 1.54) is 14.2 Å². The fourth-order valence-electron chi connectivity index (χ4n) is 0.753. The van der Waals surface area contributed by atoms with E-state index in [1.807, 2.05) is 0 Å². The molecule has 6 heteroatoms. The lowest BCUT2D eigenvalue weighted by molar-refractivity contribution is -0.118. The van der Waals surface area contributed by atoms with Crippen molar-refractivity contribution >= 4 is 13.4 Å². The Morgan fingerprint density at radius 2 is 2.07 bits per heavy atom. The van der Waals surface area contributed by atoms with E-state index in [0.29, 0.717) is 0 Å². The predicted molar refractivity (Wildman–Crippen MR) is 52.9 cm³/mol. The molecule has 0 rings (SSSR count). The van der Waals surface area contributed by atoms with Gasteiger partial charge in [0.25, 0.3) is 0 Å². The van der Waals surface area contributed by atoms with Gasteiger partial charge in [0.15, 0.2) is 5.78 Å². The highest BCUT2D eigenvalue weighted by Gasteiger charge is 2.28. The van der Waals surface area contributed by atoms with Crippen molar-refractivity contribution in [3.05, 3.63) is 0 Å². The topological polar surface area (TPSA) is 78.6 Å². The molecule has 0 aromatic carbocycles. The molecule has 2 N–H and O–H groups in total. The van der Waals surface area contributed by atoms with E-state index in [9.17, 15) is 9.36 Å². The second-order valence-corrected chi connectivity index (χ2v) is 4.88. The highest BCUT2D eigenvalue weighted by Crippen LogP contribution is 2.46. The van der Waals surface area contributed by atoms with Gasteiger partial charge in [-0.05, 0) is 0 Å². The zero-order valence-corrected chi connectivity index (χ0v) is 9.12. The summed E-state index contributed by atoms with van der Waals surface area (Å²) in [5.41, 5.74) is 5.42. The van der Waals surface area contributed by atoms with Gasteiger partial charge in [0.2, 0.25) is 0 Å². The molecule has 0 aromatic rings. The Labute approximate surface area is 83.5 Å². The first-order chi connectivity index (χ1) is 6.49. The summed E-state index contributed by atoms with van der Waals surface area (Å²) in [6.45, 7) is 0. The average Bonchev–Trinajstić information content (AvgIpc) is 2.18. The third-order valence-electron chi connectivity index (χ3n) is 1.66. The Bertz CT molecular complexity index is 276. The normalized spacial score (nSPS) is 13.3. The number of Topliss-reactive ketones (excluding diaryl/α,β-unsaturated/α-hetero) is 1. The molecule has 0 saturated heterocycles. The van der Waals surface area contributed by atoms with Gasteiger partial charge in [-0.15, -0.1) is 12.3 Å². The largest absolute Gasteiger partial charge is 0.337 e. The Balaban J connectivity index is 4.32. The lowest BCUT2D eigenvalue weighted by Gasteiger charge is -2.14. The van der Waals surface area contributed by atoms with Crippen LogP contribution in [0.25, 0.3) is 0 Å². The van der Waals surface area contributed by atoms with Gasteiger partial charge in [-0.25, -0.2) is 0 Å². The maximum absolute atomic E-state index is 11.5. The number of rotatable bonds is 6. The molecule has 0 heterocycles. The molecule has 0 aromatic heterocycles. The molecule has 5 nitrogen and oxygen atoms in total. The molecule has 14 heavy (non-hydrogen) atoms. The van der Waals surface area contributed by atoms with Gasteiger partial charge in [-0.3, -0.25) is 9.36 Å². The van der Waals surface area contributed by atoms with Crippen LogP contribution in [-0.4, -0.2) is 32.2 Å². The van der Waals surface area contributed by atoms with Crippen LogP contribution in [0, 0.1) is 12.3 Å². The Kier molecular flexibility index (Phi) is 5.66. The summed E-state index contributed by atoms with van der Waals surface area (Å²) in [6.07, 6.45) is 4.76. The van der Waals surface area contributed by atoms with Crippen LogP contribution in [0.2, 0.25) is 0 Å². The fraction of sp³-hybridized carbons (Fsp3) is 0.625. The number of terminal acetylenes is 1. The van der Waals surface area contributed by atoms with Crippen LogP contribution >= 0.6 is 7.60 Å². The molecule has 1 unspecified atom stereocenters. The summed E-state index contributed by atoms with van der Waals surface area (Å²) < 4.78 is 20.7. The summed E-state index contributed by atoms with van der Waals surface area (Å²) in [5, 5.41) is 0. The first-order valence-corrected chi connectivity index (χ1v) is 5.64. The first-order valence-electron chi connectivity index (χ1n) is 3.91. The van der Waals surface area contributed by atoms with Gasteiger partial charge in [-0.1, -0.05) is 0 Å². The van der Waals surface area contributed by atoms with Gasteiger partial charge in [0.05, 0.1) is 6.04 Å². The van der Waals surface area contributed by atoms with Crippen LogP contribution in [0.5, 0.6) is 0 Å². The average molecular weight is 219 g/mol.